The number of carbonyl (C=O) groups is 1. The smallest absolute Gasteiger partial charge is 0.356 e. The molecule has 24 heavy (non-hydrogen) atoms. The van der Waals surface area contributed by atoms with E-state index in [2.05, 4.69) is 24.6 Å². The highest BCUT2D eigenvalue weighted by atomic mass is 16.4. The number of nitrogens with one attached hydrogen (secondary N) is 1. The zero-order valence-corrected chi connectivity index (χ0v) is 13.7. The van der Waals surface area contributed by atoms with Gasteiger partial charge in [0.25, 0.3) is 0 Å². The van der Waals surface area contributed by atoms with Crippen LogP contribution in [0.2, 0.25) is 0 Å². The Morgan fingerprint density at radius 2 is 2.17 bits per heavy atom. The predicted octanol–water partition coefficient (Wildman–Crippen LogP) is 2.37. The molecule has 0 atom stereocenters. The van der Waals surface area contributed by atoms with Crippen LogP contribution in [0.15, 0.2) is 12.5 Å². The summed E-state index contributed by atoms with van der Waals surface area (Å²) in [6.45, 7) is 2.34. The first kappa shape index (κ1) is 15.4. The Balaban J connectivity index is 1.50. The summed E-state index contributed by atoms with van der Waals surface area (Å²) in [5.74, 6) is -0.957. The van der Waals surface area contributed by atoms with Gasteiger partial charge in [-0.3, -0.25) is 10.00 Å². The molecule has 4 rings (SSSR count). The molecule has 2 aromatic rings. The van der Waals surface area contributed by atoms with Gasteiger partial charge in [0.2, 0.25) is 0 Å². The first-order valence-corrected chi connectivity index (χ1v) is 8.75. The van der Waals surface area contributed by atoms with Gasteiger partial charge in [0.05, 0.1) is 12.0 Å². The summed E-state index contributed by atoms with van der Waals surface area (Å²) in [5, 5.41) is 16.1. The van der Waals surface area contributed by atoms with E-state index in [-0.39, 0.29) is 5.69 Å². The molecule has 0 aromatic carbocycles. The number of nitrogens with zero attached hydrogens (tertiary/aromatic N) is 4. The molecule has 0 spiro atoms. The topological polar surface area (TPSA) is 87.0 Å². The summed E-state index contributed by atoms with van der Waals surface area (Å²) in [6.07, 6.45) is 11.1. The summed E-state index contributed by atoms with van der Waals surface area (Å²) in [7, 11) is 0. The van der Waals surface area contributed by atoms with Gasteiger partial charge < -0.3 is 9.67 Å². The van der Waals surface area contributed by atoms with Crippen LogP contribution in [0.3, 0.4) is 0 Å². The summed E-state index contributed by atoms with van der Waals surface area (Å²) < 4.78 is 2.34. The van der Waals surface area contributed by atoms with Crippen molar-refractivity contribution in [3.8, 4) is 0 Å². The van der Waals surface area contributed by atoms with Crippen LogP contribution in [0.1, 0.15) is 65.6 Å². The van der Waals surface area contributed by atoms with Gasteiger partial charge in [-0.05, 0) is 12.8 Å². The molecule has 7 nitrogen and oxygen atoms in total. The standard InChI is InChI=1S/C17H23N5O2/c23-17(24)16-14-10-21(7-6-15(14)19-20-16)9-13-8-18-11-22(13)12-4-2-1-3-5-12/h8,11-12H,1-7,9-10H2,(H,19,20)(H,23,24). The van der Waals surface area contributed by atoms with E-state index >= 15 is 0 Å². The van der Waals surface area contributed by atoms with Gasteiger partial charge in [-0.15, -0.1) is 0 Å². The molecular weight excluding hydrogens is 306 g/mol. The maximum atomic E-state index is 11.3. The predicted molar refractivity (Wildman–Crippen MR) is 87.7 cm³/mol. The van der Waals surface area contributed by atoms with E-state index in [9.17, 15) is 9.90 Å². The van der Waals surface area contributed by atoms with Crippen molar-refractivity contribution in [3.05, 3.63) is 35.2 Å². The molecule has 0 unspecified atom stereocenters. The number of carboxylic acid groups (broad SMARTS) is 1. The van der Waals surface area contributed by atoms with Gasteiger partial charge in [-0.2, -0.15) is 5.10 Å². The number of imidazole rings is 1. The molecule has 0 saturated heterocycles. The minimum Gasteiger partial charge on any atom is -0.476 e. The Labute approximate surface area is 140 Å². The van der Waals surface area contributed by atoms with Gasteiger partial charge in [0.1, 0.15) is 0 Å². The lowest BCUT2D eigenvalue weighted by Gasteiger charge is -2.29. The highest BCUT2D eigenvalue weighted by molar-refractivity contribution is 5.87. The summed E-state index contributed by atoms with van der Waals surface area (Å²) >= 11 is 0. The zero-order chi connectivity index (χ0) is 16.5. The third-order valence-corrected chi connectivity index (χ3v) is 5.32. The molecule has 0 radical (unpaired) electrons. The molecule has 3 heterocycles. The average Bonchev–Trinajstić information content (AvgIpc) is 3.22. The van der Waals surface area contributed by atoms with Crippen LogP contribution in [-0.4, -0.2) is 42.3 Å². The van der Waals surface area contributed by atoms with E-state index in [1.807, 2.05) is 12.5 Å². The first-order valence-electron chi connectivity index (χ1n) is 8.75. The fourth-order valence-corrected chi connectivity index (χ4v) is 4.03. The van der Waals surface area contributed by atoms with E-state index < -0.39 is 5.97 Å². The van der Waals surface area contributed by atoms with Crippen molar-refractivity contribution >= 4 is 5.97 Å². The van der Waals surface area contributed by atoms with Crippen LogP contribution in [0.4, 0.5) is 0 Å². The minimum absolute atomic E-state index is 0.162. The van der Waals surface area contributed by atoms with Crippen molar-refractivity contribution in [2.75, 3.05) is 6.54 Å². The minimum atomic E-state index is -0.957. The second-order valence-electron chi connectivity index (χ2n) is 6.88. The van der Waals surface area contributed by atoms with E-state index in [4.69, 9.17) is 0 Å². The average molecular weight is 329 g/mol. The van der Waals surface area contributed by atoms with Crippen molar-refractivity contribution in [1.82, 2.24) is 24.6 Å². The van der Waals surface area contributed by atoms with Crippen molar-refractivity contribution in [2.24, 2.45) is 0 Å². The summed E-state index contributed by atoms with van der Waals surface area (Å²) in [4.78, 5) is 18.0. The van der Waals surface area contributed by atoms with Gasteiger partial charge in [-0.25, -0.2) is 9.78 Å². The lowest BCUT2D eigenvalue weighted by atomic mass is 9.95. The molecule has 2 N–H and O–H groups in total. The van der Waals surface area contributed by atoms with E-state index in [1.54, 1.807) is 0 Å². The molecule has 1 fully saturated rings. The number of fused-ring (bicyclic) bond motifs is 1. The zero-order valence-electron chi connectivity index (χ0n) is 13.7. The molecule has 128 valence electrons. The van der Waals surface area contributed by atoms with Crippen LogP contribution >= 0.6 is 0 Å². The highest BCUT2D eigenvalue weighted by Gasteiger charge is 2.26. The van der Waals surface area contributed by atoms with Crippen molar-refractivity contribution in [3.63, 3.8) is 0 Å². The largest absolute Gasteiger partial charge is 0.476 e. The second kappa shape index (κ2) is 6.39. The van der Waals surface area contributed by atoms with Crippen LogP contribution in [-0.2, 0) is 19.5 Å². The maximum Gasteiger partial charge on any atom is 0.356 e. The first-order chi connectivity index (χ1) is 11.7. The lowest BCUT2D eigenvalue weighted by molar-refractivity contribution is 0.0687. The lowest BCUT2D eigenvalue weighted by Crippen LogP contribution is -2.31. The van der Waals surface area contributed by atoms with Crippen molar-refractivity contribution in [1.29, 1.82) is 0 Å². The quantitative estimate of drug-likeness (QED) is 0.899. The van der Waals surface area contributed by atoms with Crippen LogP contribution in [0, 0.1) is 0 Å². The summed E-state index contributed by atoms with van der Waals surface area (Å²) in [5.41, 5.74) is 3.18. The normalized spacial score (nSPS) is 19.3. The number of carboxylic acids is 1. The van der Waals surface area contributed by atoms with E-state index in [1.165, 1.54) is 37.8 Å². The fourth-order valence-electron chi connectivity index (χ4n) is 4.03. The maximum absolute atomic E-state index is 11.3. The molecule has 1 aliphatic carbocycles. The van der Waals surface area contributed by atoms with Crippen molar-refractivity contribution in [2.45, 2.75) is 57.7 Å². The molecule has 0 bridgehead atoms. The van der Waals surface area contributed by atoms with Crippen LogP contribution in [0.25, 0.3) is 0 Å². The van der Waals surface area contributed by atoms with Gasteiger partial charge in [-0.1, -0.05) is 19.3 Å². The Bertz CT molecular complexity index is 729. The molecule has 1 saturated carbocycles. The number of H-pyrrole nitrogens is 1. The molecule has 2 aromatic heterocycles. The SMILES string of the molecule is O=C(O)c1n[nH]c2c1CN(Cc1cncn1C1CCCCC1)CC2. The van der Waals surface area contributed by atoms with E-state index in [0.717, 1.165) is 30.8 Å². The van der Waals surface area contributed by atoms with Gasteiger partial charge in [0, 0.05) is 49.6 Å². The molecule has 2 aliphatic rings. The number of rotatable bonds is 4. The van der Waals surface area contributed by atoms with Gasteiger partial charge >= 0.3 is 5.97 Å². The monoisotopic (exact) mass is 329 g/mol. The Hall–Kier alpha value is -2.15. The number of hydrogen-bond donors (Lipinski definition) is 2. The number of aromatic nitrogens is 4. The highest BCUT2D eigenvalue weighted by Crippen LogP contribution is 2.30. The molecule has 7 heteroatoms. The van der Waals surface area contributed by atoms with E-state index in [0.29, 0.717) is 12.6 Å². The third kappa shape index (κ3) is 2.84. The Morgan fingerprint density at radius 1 is 1.33 bits per heavy atom. The van der Waals surface area contributed by atoms with Gasteiger partial charge in [0.15, 0.2) is 5.69 Å². The molecule has 0 amide bonds. The molecular formula is C17H23N5O2. The van der Waals surface area contributed by atoms with Crippen LogP contribution < -0.4 is 0 Å². The number of aromatic carboxylic acids is 1. The summed E-state index contributed by atoms with van der Waals surface area (Å²) in [6, 6.07) is 0.570. The fraction of sp³-hybridized carbons (Fsp3) is 0.588. The van der Waals surface area contributed by atoms with Crippen LogP contribution in [0.5, 0.6) is 0 Å². The Morgan fingerprint density at radius 3 is 2.96 bits per heavy atom. The van der Waals surface area contributed by atoms with Crippen molar-refractivity contribution < 1.29 is 9.90 Å². The number of hydrogen-bond acceptors (Lipinski definition) is 4. The molecule has 1 aliphatic heterocycles. The second-order valence-corrected chi connectivity index (χ2v) is 6.88. The Kier molecular flexibility index (Phi) is 4.10. The third-order valence-electron chi connectivity index (χ3n) is 5.32. The number of aromatic amines is 1.